The lowest BCUT2D eigenvalue weighted by Crippen LogP contribution is -2.27. The highest BCUT2D eigenvalue weighted by Crippen LogP contribution is 2.34. The Hall–Kier alpha value is -1.27. The lowest BCUT2D eigenvalue weighted by Gasteiger charge is -2.12. The zero-order valence-electron chi connectivity index (χ0n) is 12.1. The molecule has 1 fully saturated rings. The van der Waals surface area contributed by atoms with Crippen LogP contribution in [-0.2, 0) is 11.3 Å². The summed E-state index contributed by atoms with van der Waals surface area (Å²) >= 11 is 16.2. The molecule has 2 aromatic rings. The van der Waals surface area contributed by atoms with Crippen LogP contribution in [0.5, 0.6) is 0 Å². The summed E-state index contributed by atoms with van der Waals surface area (Å²) in [6.45, 7) is 0.164. The first-order valence-electron chi connectivity index (χ1n) is 6.89. The number of amides is 2. The van der Waals surface area contributed by atoms with Gasteiger partial charge in [0.05, 0.1) is 21.5 Å². The molecular formula is C17H10BrCl2NO2S. The zero-order valence-corrected chi connectivity index (χ0v) is 16.0. The van der Waals surface area contributed by atoms with Gasteiger partial charge in [-0.2, -0.15) is 0 Å². The van der Waals surface area contributed by atoms with E-state index in [1.807, 2.05) is 24.3 Å². The summed E-state index contributed by atoms with van der Waals surface area (Å²) in [4.78, 5) is 26.3. The van der Waals surface area contributed by atoms with Crippen LogP contribution in [0.1, 0.15) is 11.1 Å². The molecule has 1 aliphatic rings. The van der Waals surface area contributed by atoms with Crippen molar-refractivity contribution in [2.45, 2.75) is 6.54 Å². The number of hydrogen-bond acceptors (Lipinski definition) is 3. The maximum absolute atomic E-state index is 12.5. The van der Waals surface area contributed by atoms with Crippen molar-refractivity contribution in [1.29, 1.82) is 0 Å². The predicted octanol–water partition coefficient (Wildman–Crippen LogP) is 5.99. The van der Waals surface area contributed by atoms with Crippen molar-refractivity contribution < 1.29 is 9.59 Å². The largest absolute Gasteiger partial charge is 0.293 e. The van der Waals surface area contributed by atoms with Gasteiger partial charge in [-0.05, 0) is 53.2 Å². The molecule has 0 radical (unpaired) electrons. The van der Waals surface area contributed by atoms with Crippen LogP contribution in [0.4, 0.5) is 4.79 Å². The summed E-state index contributed by atoms with van der Waals surface area (Å²) in [7, 11) is 0. The molecule has 122 valence electrons. The fraction of sp³-hybridized carbons (Fsp3) is 0.0588. The monoisotopic (exact) mass is 441 g/mol. The fourth-order valence-corrected chi connectivity index (χ4v) is 3.78. The Morgan fingerprint density at radius 2 is 1.88 bits per heavy atom. The van der Waals surface area contributed by atoms with Crippen LogP contribution in [0, 0.1) is 0 Å². The molecule has 1 saturated heterocycles. The molecule has 2 aromatic carbocycles. The highest BCUT2D eigenvalue weighted by Gasteiger charge is 2.35. The molecule has 1 heterocycles. The van der Waals surface area contributed by atoms with Gasteiger partial charge in [0, 0.05) is 4.47 Å². The van der Waals surface area contributed by atoms with Crippen LogP contribution >= 0.6 is 50.9 Å². The van der Waals surface area contributed by atoms with E-state index in [0.717, 1.165) is 27.4 Å². The van der Waals surface area contributed by atoms with E-state index < -0.39 is 0 Å². The Kier molecular flexibility index (Phi) is 5.35. The standard InChI is InChI=1S/C17H10BrCl2NO2S/c18-12-3-1-2-10(6-12)8-15-16(22)21(17(23)24-15)9-11-4-5-13(19)14(20)7-11/h1-8H,9H2/b15-8+. The minimum Gasteiger partial charge on any atom is -0.268 e. The average Bonchev–Trinajstić information content (AvgIpc) is 2.78. The molecule has 7 heteroatoms. The molecule has 24 heavy (non-hydrogen) atoms. The third-order valence-corrected chi connectivity index (χ3v) is 5.48. The maximum atomic E-state index is 12.5. The number of hydrogen-bond donors (Lipinski definition) is 0. The molecular weight excluding hydrogens is 433 g/mol. The van der Waals surface area contributed by atoms with Gasteiger partial charge >= 0.3 is 0 Å². The van der Waals surface area contributed by atoms with Crippen molar-refractivity contribution in [1.82, 2.24) is 4.90 Å². The first-order chi connectivity index (χ1) is 11.4. The van der Waals surface area contributed by atoms with Crippen molar-refractivity contribution in [2.75, 3.05) is 0 Å². The minimum atomic E-state index is -0.309. The highest BCUT2D eigenvalue weighted by atomic mass is 79.9. The first kappa shape index (κ1) is 17.5. The average molecular weight is 443 g/mol. The molecule has 0 aliphatic carbocycles. The van der Waals surface area contributed by atoms with Crippen LogP contribution < -0.4 is 0 Å². The van der Waals surface area contributed by atoms with Gasteiger partial charge in [0.25, 0.3) is 11.1 Å². The quantitative estimate of drug-likeness (QED) is 0.547. The molecule has 0 bridgehead atoms. The minimum absolute atomic E-state index is 0.164. The summed E-state index contributed by atoms with van der Waals surface area (Å²) in [5.41, 5.74) is 1.60. The van der Waals surface area contributed by atoms with Crippen molar-refractivity contribution in [2.24, 2.45) is 0 Å². The van der Waals surface area contributed by atoms with Crippen molar-refractivity contribution >= 4 is 68.1 Å². The molecule has 3 rings (SSSR count). The number of nitrogens with zero attached hydrogens (tertiary/aromatic N) is 1. The summed E-state index contributed by atoms with van der Waals surface area (Å²) in [6.07, 6.45) is 1.71. The molecule has 0 aromatic heterocycles. The molecule has 2 amide bonds. The molecule has 0 spiro atoms. The van der Waals surface area contributed by atoms with Gasteiger partial charge in [-0.25, -0.2) is 0 Å². The fourth-order valence-electron chi connectivity index (χ4n) is 2.20. The second-order valence-corrected chi connectivity index (χ2v) is 7.79. The summed E-state index contributed by atoms with van der Waals surface area (Å²) in [6, 6.07) is 12.6. The second-order valence-electron chi connectivity index (χ2n) is 5.07. The van der Waals surface area contributed by atoms with E-state index in [2.05, 4.69) is 15.9 Å². The lowest BCUT2D eigenvalue weighted by molar-refractivity contribution is -0.123. The van der Waals surface area contributed by atoms with Gasteiger partial charge in [0.15, 0.2) is 0 Å². The van der Waals surface area contributed by atoms with Crippen LogP contribution in [0.2, 0.25) is 10.0 Å². The van der Waals surface area contributed by atoms with Crippen LogP contribution in [-0.4, -0.2) is 16.0 Å². The Morgan fingerprint density at radius 1 is 1.08 bits per heavy atom. The van der Waals surface area contributed by atoms with Gasteiger partial charge in [0.1, 0.15) is 0 Å². The van der Waals surface area contributed by atoms with Gasteiger partial charge in [-0.1, -0.05) is 57.3 Å². The maximum Gasteiger partial charge on any atom is 0.293 e. The van der Waals surface area contributed by atoms with E-state index in [0.29, 0.717) is 15.0 Å². The summed E-state index contributed by atoms with van der Waals surface area (Å²) in [5, 5.41) is 0.530. The van der Waals surface area contributed by atoms with E-state index in [4.69, 9.17) is 23.2 Å². The molecule has 3 nitrogen and oxygen atoms in total. The number of carbonyl (C=O) groups is 2. The third-order valence-electron chi connectivity index (χ3n) is 3.34. The van der Waals surface area contributed by atoms with Crippen molar-refractivity contribution in [3.8, 4) is 0 Å². The Labute approximate surface area is 161 Å². The topological polar surface area (TPSA) is 37.4 Å². The van der Waals surface area contributed by atoms with E-state index in [1.54, 1.807) is 24.3 Å². The number of thioether (sulfide) groups is 1. The van der Waals surface area contributed by atoms with Crippen LogP contribution in [0.25, 0.3) is 6.08 Å². The molecule has 0 unspecified atom stereocenters. The lowest BCUT2D eigenvalue weighted by atomic mass is 10.2. The van der Waals surface area contributed by atoms with E-state index in [-0.39, 0.29) is 17.7 Å². The van der Waals surface area contributed by atoms with Gasteiger partial charge < -0.3 is 0 Å². The van der Waals surface area contributed by atoms with Crippen molar-refractivity contribution in [3.63, 3.8) is 0 Å². The van der Waals surface area contributed by atoms with Gasteiger partial charge in [-0.3, -0.25) is 14.5 Å². The van der Waals surface area contributed by atoms with Gasteiger partial charge in [-0.15, -0.1) is 0 Å². The highest BCUT2D eigenvalue weighted by molar-refractivity contribution is 9.10. The smallest absolute Gasteiger partial charge is 0.268 e. The molecule has 1 aliphatic heterocycles. The molecule has 0 N–H and O–H groups in total. The summed E-state index contributed by atoms with van der Waals surface area (Å²) < 4.78 is 0.909. The number of rotatable bonds is 3. The normalized spacial score (nSPS) is 16.3. The number of carbonyl (C=O) groups excluding carboxylic acids is 2. The van der Waals surface area contributed by atoms with E-state index >= 15 is 0 Å². The van der Waals surface area contributed by atoms with E-state index in [9.17, 15) is 9.59 Å². The number of halogens is 3. The number of benzene rings is 2. The van der Waals surface area contributed by atoms with Crippen LogP contribution in [0.15, 0.2) is 51.8 Å². The SMILES string of the molecule is O=C1S/C(=C/c2cccc(Br)c2)C(=O)N1Cc1ccc(Cl)c(Cl)c1. The Morgan fingerprint density at radius 3 is 2.58 bits per heavy atom. The Balaban J connectivity index is 1.82. The molecule has 0 saturated carbocycles. The summed E-state index contributed by atoms with van der Waals surface area (Å²) in [5.74, 6) is -0.309. The zero-order chi connectivity index (χ0) is 17.3. The third kappa shape index (κ3) is 3.86. The molecule has 0 atom stereocenters. The first-order valence-corrected chi connectivity index (χ1v) is 9.25. The predicted molar refractivity (Wildman–Crippen MR) is 102 cm³/mol. The van der Waals surface area contributed by atoms with Crippen LogP contribution in [0.3, 0.4) is 0 Å². The second kappa shape index (κ2) is 7.31. The van der Waals surface area contributed by atoms with Gasteiger partial charge in [0.2, 0.25) is 0 Å². The number of imide groups is 1. The van der Waals surface area contributed by atoms with Crippen molar-refractivity contribution in [3.05, 3.63) is 73.0 Å². The Bertz CT molecular complexity index is 869. The van der Waals surface area contributed by atoms with E-state index in [1.165, 1.54) is 4.90 Å².